The van der Waals surface area contributed by atoms with Crippen LogP contribution < -0.4 is 5.14 Å². The van der Waals surface area contributed by atoms with Crippen molar-refractivity contribution in [2.24, 2.45) is 11.1 Å². The molecular formula is C17H26N2O5S. The molecule has 0 aromatic heterocycles. The van der Waals surface area contributed by atoms with Crippen LogP contribution in [-0.2, 0) is 30.9 Å². The number of benzene rings is 1. The lowest BCUT2D eigenvalue weighted by molar-refractivity contribution is -0.144. The molecule has 1 aromatic carbocycles. The first-order chi connectivity index (χ1) is 11.6. The average Bonchev–Trinajstić information content (AvgIpc) is 2.50. The SMILES string of the molecule is CCOC(=O)CCN(Cc1ccc(S(N)(=O)=O)cc1)C(=O)CC(C)C. The van der Waals surface area contributed by atoms with Gasteiger partial charge in [-0.15, -0.1) is 0 Å². The molecule has 7 nitrogen and oxygen atoms in total. The summed E-state index contributed by atoms with van der Waals surface area (Å²) in [6, 6.07) is 6.03. The Morgan fingerprint density at radius 3 is 2.28 bits per heavy atom. The number of carbonyl (C=O) groups is 2. The second-order valence-electron chi connectivity index (χ2n) is 6.16. The minimum absolute atomic E-state index is 0.0165. The Balaban J connectivity index is 2.84. The zero-order valence-electron chi connectivity index (χ0n) is 14.9. The number of amides is 1. The molecule has 0 heterocycles. The molecule has 2 N–H and O–H groups in total. The molecule has 0 aliphatic carbocycles. The number of hydrogen-bond acceptors (Lipinski definition) is 5. The van der Waals surface area contributed by atoms with Crippen molar-refractivity contribution in [1.29, 1.82) is 0 Å². The summed E-state index contributed by atoms with van der Waals surface area (Å²) in [7, 11) is -3.75. The normalized spacial score (nSPS) is 11.4. The molecule has 0 saturated carbocycles. The zero-order valence-corrected chi connectivity index (χ0v) is 15.7. The molecule has 0 spiro atoms. The van der Waals surface area contributed by atoms with E-state index in [1.165, 1.54) is 12.1 Å². The van der Waals surface area contributed by atoms with Crippen LogP contribution in [0, 0.1) is 5.92 Å². The third-order valence-electron chi connectivity index (χ3n) is 3.45. The molecule has 1 amide bonds. The highest BCUT2D eigenvalue weighted by Gasteiger charge is 2.17. The van der Waals surface area contributed by atoms with E-state index in [0.29, 0.717) is 13.0 Å². The summed E-state index contributed by atoms with van der Waals surface area (Å²) in [6.45, 7) is 6.46. The van der Waals surface area contributed by atoms with Crippen molar-refractivity contribution in [3.63, 3.8) is 0 Å². The van der Waals surface area contributed by atoms with E-state index in [1.54, 1.807) is 24.0 Å². The number of rotatable bonds is 9. The lowest BCUT2D eigenvalue weighted by Gasteiger charge is -2.23. The third kappa shape index (κ3) is 7.66. The number of esters is 1. The number of hydrogen-bond donors (Lipinski definition) is 1. The molecule has 0 aliphatic heterocycles. The molecular weight excluding hydrogens is 344 g/mol. The van der Waals surface area contributed by atoms with E-state index < -0.39 is 10.0 Å². The van der Waals surface area contributed by atoms with Crippen molar-refractivity contribution < 1.29 is 22.7 Å². The Bertz CT molecular complexity index is 683. The van der Waals surface area contributed by atoms with Gasteiger partial charge < -0.3 is 9.64 Å². The molecule has 0 saturated heterocycles. The number of ether oxygens (including phenoxy) is 1. The third-order valence-corrected chi connectivity index (χ3v) is 4.38. The summed E-state index contributed by atoms with van der Waals surface area (Å²) in [4.78, 5) is 25.6. The second-order valence-corrected chi connectivity index (χ2v) is 7.72. The Hall–Kier alpha value is -1.93. The van der Waals surface area contributed by atoms with E-state index in [0.717, 1.165) is 5.56 Å². The number of nitrogens with zero attached hydrogens (tertiary/aromatic N) is 1. The largest absolute Gasteiger partial charge is 0.466 e. The number of carbonyl (C=O) groups excluding carboxylic acids is 2. The van der Waals surface area contributed by atoms with Gasteiger partial charge in [0.25, 0.3) is 0 Å². The van der Waals surface area contributed by atoms with Crippen molar-refractivity contribution in [3.05, 3.63) is 29.8 Å². The smallest absolute Gasteiger partial charge is 0.307 e. The first-order valence-electron chi connectivity index (χ1n) is 8.18. The molecule has 0 radical (unpaired) electrons. The molecule has 0 atom stereocenters. The van der Waals surface area contributed by atoms with Crippen molar-refractivity contribution >= 4 is 21.9 Å². The summed E-state index contributed by atoms with van der Waals surface area (Å²) >= 11 is 0. The van der Waals surface area contributed by atoms with E-state index in [9.17, 15) is 18.0 Å². The number of primary sulfonamides is 1. The summed E-state index contributed by atoms with van der Waals surface area (Å²) in [5.41, 5.74) is 0.758. The van der Waals surface area contributed by atoms with Gasteiger partial charge in [0.05, 0.1) is 17.9 Å². The van der Waals surface area contributed by atoms with E-state index in [-0.39, 0.29) is 42.2 Å². The molecule has 25 heavy (non-hydrogen) atoms. The number of sulfonamides is 1. The monoisotopic (exact) mass is 370 g/mol. The summed E-state index contributed by atoms with van der Waals surface area (Å²) in [6.07, 6.45) is 0.491. The van der Waals surface area contributed by atoms with Gasteiger partial charge >= 0.3 is 5.97 Å². The van der Waals surface area contributed by atoms with E-state index >= 15 is 0 Å². The van der Waals surface area contributed by atoms with Gasteiger partial charge in [0.15, 0.2) is 0 Å². The number of nitrogens with two attached hydrogens (primary N) is 1. The second kappa shape index (κ2) is 9.53. The first-order valence-corrected chi connectivity index (χ1v) is 9.73. The van der Waals surface area contributed by atoms with Crippen LogP contribution in [0.5, 0.6) is 0 Å². The Labute approximate surface area is 149 Å². The van der Waals surface area contributed by atoms with Gasteiger partial charge in [-0.25, -0.2) is 13.6 Å². The summed E-state index contributed by atoms with van der Waals surface area (Å²) in [5, 5.41) is 5.08. The minimum Gasteiger partial charge on any atom is -0.466 e. The van der Waals surface area contributed by atoms with Crippen LogP contribution in [-0.4, -0.2) is 38.3 Å². The minimum atomic E-state index is -3.75. The maximum absolute atomic E-state index is 12.4. The van der Waals surface area contributed by atoms with Gasteiger partial charge in [-0.2, -0.15) is 0 Å². The van der Waals surface area contributed by atoms with Crippen LogP contribution in [0.4, 0.5) is 0 Å². The molecule has 8 heteroatoms. The standard InChI is InChI=1S/C17H26N2O5S/c1-4-24-17(21)9-10-19(16(20)11-13(2)3)12-14-5-7-15(8-6-14)25(18,22)23/h5-8,13H,4,9-12H2,1-3H3,(H2,18,22,23). The molecule has 0 bridgehead atoms. The van der Waals surface area contributed by atoms with Gasteiger partial charge in [0.2, 0.25) is 15.9 Å². The Morgan fingerprint density at radius 1 is 1.20 bits per heavy atom. The van der Waals surface area contributed by atoms with Crippen LogP contribution in [0.2, 0.25) is 0 Å². The zero-order chi connectivity index (χ0) is 19.0. The highest BCUT2D eigenvalue weighted by molar-refractivity contribution is 7.89. The highest BCUT2D eigenvalue weighted by atomic mass is 32.2. The molecule has 1 aromatic rings. The maximum Gasteiger partial charge on any atom is 0.307 e. The highest BCUT2D eigenvalue weighted by Crippen LogP contribution is 2.13. The van der Waals surface area contributed by atoms with Gasteiger partial charge in [0.1, 0.15) is 0 Å². The maximum atomic E-state index is 12.4. The quantitative estimate of drug-likeness (QED) is 0.665. The Kier molecular flexibility index (Phi) is 8.05. The van der Waals surface area contributed by atoms with Crippen LogP contribution in [0.3, 0.4) is 0 Å². The molecule has 1 rings (SSSR count). The van der Waals surface area contributed by atoms with E-state index in [2.05, 4.69) is 0 Å². The predicted molar refractivity (Wildman–Crippen MR) is 93.9 cm³/mol. The van der Waals surface area contributed by atoms with Crippen molar-refractivity contribution in [2.45, 2.75) is 45.1 Å². The predicted octanol–water partition coefficient (Wildman–Crippen LogP) is 1.66. The van der Waals surface area contributed by atoms with Crippen LogP contribution in [0.15, 0.2) is 29.2 Å². The molecule has 140 valence electrons. The van der Waals surface area contributed by atoms with Gasteiger partial charge in [-0.05, 0) is 30.5 Å². The van der Waals surface area contributed by atoms with Crippen LogP contribution >= 0.6 is 0 Å². The van der Waals surface area contributed by atoms with Gasteiger partial charge in [0, 0.05) is 19.5 Å². The van der Waals surface area contributed by atoms with E-state index in [1.807, 2.05) is 13.8 Å². The molecule has 0 aliphatic rings. The molecule has 0 fully saturated rings. The topological polar surface area (TPSA) is 107 Å². The fourth-order valence-corrected chi connectivity index (χ4v) is 2.75. The lowest BCUT2D eigenvalue weighted by Crippen LogP contribution is -2.33. The fourth-order valence-electron chi connectivity index (χ4n) is 2.23. The van der Waals surface area contributed by atoms with Gasteiger partial charge in [-0.3, -0.25) is 9.59 Å². The van der Waals surface area contributed by atoms with Crippen molar-refractivity contribution in [1.82, 2.24) is 4.90 Å². The van der Waals surface area contributed by atoms with Gasteiger partial charge in [-0.1, -0.05) is 26.0 Å². The fraction of sp³-hybridized carbons (Fsp3) is 0.529. The first kappa shape index (κ1) is 21.1. The summed E-state index contributed by atoms with van der Waals surface area (Å²) < 4.78 is 27.5. The average molecular weight is 370 g/mol. The Morgan fingerprint density at radius 2 is 1.80 bits per heavy atom. The van der Waals surface area contributed by atoms with Crippen molar-refractivity contribution in [2.75, 3.05) is 13.2 Å². The van der Waals surface area contributed by atoms with E-state index in [4.69, 9.17) is 9.88 Å². The van der Waals surface area contributed by atoms with Crippen LogP contribution in [0.1, 0.15) is 39.2 Å². The molecule has 0 unspecified atom stereocenters. The van der Waals surface area contributed by atoms with Crippen molar-refractivity contribution in [3.8, 4) is 0 Å². The lowest BCUT2D eigenvalue weighted by atomic mass is 10.1. The van der Waals surface area contributed by atoms with Crippen LogP contribution in [0.25, 0.3) is 0 Å². The summed E-state index contributed by atoms with van der Waals surface area (Å²) in [5.74, 6) is -0.216.